The lowest BCUT2D eigenvalue weighted by molar-refractivity contribution is -0.384. The topological polar surface area (TPSA) is 121 Å². The minimum absolute atomic E-state index is 0.103. The third kappa shape index (κ3) is 4.25. The van der Waals surface area contributed by atoms with Crippen LogP contribution < -0.4 is 10.1 Å². The van der Waals surface area contributed by atoms with Crippen LogP contribution in [-0.4, -0.2) is 30.0 Å². The van der Waals surface area contributed by atoms with Gasteiger partial charge in [0, 0.05) is 17.7 Å². The van der Waals surface area contributed by atoms with E-state index in [4.69, 9.17) is 13.9 Å². The Balaban J connectivity index is 2.15. The van der Waals surface area contributed by atoms with E-state index in [0.717, 1.165) is 0 Å². The normalized spacial score (nSPS) is 11.6. The van der Waals surface area contributed by atoms with Crippen molar-refractivity contribution in [2.24, 2.45) is 0 Å². The average molecular weight is 376 g/mol. The molecular weight excluding hydrogens is 356 g/mol. The largest absolute Gasteiger partial charge is 0.495 e. The van der Waals surface area contributed by atoms with E-state index in [0.29, 0.717) is 17.1 Å². The standard InChI is InChI=1S/C18H20N2O7/c1-9-10(2)26-11(3)16(9)18(22)27-12(4)17(21)19-14-8-13(20(23)24)6-7-15(14)25-5/h6-8,12H,1-5H3,(H,19,21)/t12-/m1/s1. The van der Waals surface area contributed by atoms with Crippen LogP contribution in [0, 0.1) is 30.9 Å². The molecule has 0 spiro atoms. The molecule has 0 aliphatic carbocycles. The number of carbonyl (C=O) groups excluding carboxylic acids is 2. The summed E-state index contributed by atoms with van der Waals surface area (Å²) in [5.41, 5.74) is 0.813. The van der Waals surface area contributed by atoms with Crippen molar-refractivity contribution < 1.29 is 28.4 Å². The summed E-state index contributed by atoms with van der Waals surface area (Å²) in [6.45, 7) is 6.48. The Kier molecular flexibility index (Phi) is 5.84. The number of amides is 1. The molecule has 2 rings (SSSR count). The molecule has 144 valence electrons. The van der Waals surface area contributed by atoms with Crippen molar-refractivity contribution in [3.8, 4) is 5.75 Å². The lowest BCUT2D eigenvalue weighted by atomic mass is 10.1. The van der Waals surface area contributed by atoms with Crippen molar-refractivity contribution in [2.75, 3.05) is 12.4 Å². The summed E-state index contributed by atoms with van der Waals surface area (Å²) in [6, 6.07) is 3.79. The fourth-order valence-electron chi connectivity index (χ4n) is 2.51. The highest BCUT2D eigenvalue weighted by atomic mass is 16.6. The number of hydrogen-bond acceptors (Lipinski definition) is 7. The smallest absolute Gasteiger partial charge is 0.342 e. The SMILES string of the molecule is COc1ccc([N+](=O)[O-])cc1NC(=O)[C@@H](C)OC(=O)c1c(C)oc(C)c1C. The first-order valence-corrected chi connectivity index (χ1v) is 8.06. The molecular formula is C18H20N2O7. The first kappa shape index (κ1) is 20.0. The summed E-state index contributed by atoms with van der Waals surface area (Å²) in [6.07, 6.45) is -1.14. The quantitative estimate of drug-likeness (QED) is 0.466. The van der Waals surface area contributed by atoms with E-state index in [1.807, 2.05) is 0 Å². The molecule has 1 atom stereocenters. The fourth-order valence-corrected chi connectivity index (χ4v) is 2.51. The van der Waals surface area contributed by atoms with Crippen molar-refractivity contribution in [1.82, 2.24) is 0 Å². The van der Waals surface area contributed by atoms with E-state index in [9.17, 15) is 19.7 Å². The molecule has 0 aliphatic heterocycles. The number of aryl methyl sites for hydroxylation is 2. The molecule has 9 nitrogen and oxygen atoms in total. The third-order valence-corrected chi connectivity index (χ3v) is 4.07. The lowest BCUT2D eigenvalue weighted by Crippen LogP contribution is -2.30. The zero-order valence-corrected chi connectivity index (χ0v) is 15.6. The Labute approximate surface area is 155 Å². The first-order chi connectivity index (χ1) is 12.6. The summed E-state index contributed by atoms with van der Waals surface area (Å²) >= 11 is 0. The van der Waals surface area contributed by atoms with Gasteiger partial charge in [0.2, 0.25) is 0 Å². The number of methoxy groups -OCH3 is 1. The number of nitro groups is 1. The van der Waals surface area contributed by atoms with E-state index in [-0.39, 0.29) is 22.7 Å². The van der Waals surface area contributed by atoms with Crippen LogP contribution in [0.4, 0.5) is 11.4 Å². The molecule has 1 heterocycles. The zero-order chi connectivity index (χ0) is 20.3. The van der Waals surface area contributed by atoms with Crippen LogP contribution in [0.1, 0.15) is 34.4 Å². The number of anilines is 1. The van der Waals surface area contributed by atoms with Crippen LogP contribution in [-0.2, 0) is 9.53 Å². The first-order valence-electron chi connectivity index (χ1n) is 8.06. The molecule has 0 saturated heterocycles. The molecule has 0 fully saturated rings. The van der Waals surface area contributed by atoms with Crippen molar-refractivity contribution in [3.63, 3.8) is 0 Å². The number of furan rings is 1. The molecule has 1 N–H and O–H groups in total. The Morgan fingerprint density at radius 2 is 1.89 bits per heavy atom. The molecule has 27 heavy (non-hydrogen) atoms. The summed E-state index contributed by atoms with van der Waals surface area (Å²) < 4.78 is 15.7. The van der Waals surface area contributed by atoms with Gasteiger partial charge >= 0.3 is 5.97 Å². The Bertz CT molecular complexity index is 901. The van der Waals surface area contributed by atoms with Crippen LogP contribution in [0.5, 0.6) is 5.75 Å². The highest BCUT2D eigenvalue weighted by Gasteiger charge is 2.25. The molecule has 0 aliphatic rings. The number of hydrogen-bond donors (Lipinski definition) is 1. The number of rotatable bonds is 6. The maximum atomic E-state index is 12.4. The number of ether oxygens (including phenoxy) is 2. The lowest BCUT2D eigenvalue weighted by Gasteiger charge is -2.15. The van der Waals surface area contributed by atoms with Crippen LogP contribution >= 0.6 is 0 Å². The molecule has 1 aromatic heterocycles. The summed E-state index contributed by atoms with van der Waals surface area (Å²) in [5, 5.41) is 13.4. The zero-order valence-electron chi connectivity index (χ0n) is 15.6. The summed E-state index contributed by atoms with van der Waals surface area (Å²) in [7, 11) is 1.37. The molecule has 1 amide bonds. The van der Waals surface area contributed by atoms with E-state index in [1.54, 1.807) is 20.8 Å². The van der Waals surface area contributed by atoms with Gasteiger partial charge in [-0.15, -0.1) is 0 Å². The number of benzene rings is 1. The molecule has 0 bridgehead atoms. The molecule has 0 saturated carbocycles. The van der Waals surface area contributed by atoms with Gasteiger partial charge in [-0.2, -0.15) is 0 Å². The predicted molar refractivity (Wildman–Crippen MR) is 96.1 cm³/mol. The third-order valence-electron chi connectivity index (χ3n) is 4.07. The van der Waals surface area contributed by atoms with Crippen LogP contribution in [0.2, 0.25) is 0 Å². The maximum absolute atomic E-state index is 12.4. The second kappa shape index (κ2) is 7.90. The maximum Gasteiger partial charge on any atom is 0.342 e. The van der Waals surface area contributed by atoms with Gasteiger partial charge in [0.1, 0.15) is 22.8 Å². The Morgan fingerprint density at radius 1 is 1.22 bits per heavy atom. The Morgan fingerprint density at radius 3 is 2.41 bits per heavy atom. The van der Waals surface area contributed by atoms with E-state index >= 15 is 0 Å². The highest BCUT2D eigenvalue weighted by Crippen LogP contribution is 2.29. The van der Waals surface area contributed by atoms with Gasteiger partial charge in [-0.25, -0.2) is 4.79 Å². The van der Waals surface area contributed by atoms with Crippen molar-refractivity contribution >= 4 is 23.3 Å². The van der Waals surface area contributed by atoms with Crippen LogP contribution in [0.3, 0.4) is 0 Å². The van der Waals surface area contributed by atoms with Crippen molar-refractivity contribution in [3.05, 3.63) is 51.0 Å². The van der Waals surface area contributed by atoms with E-state index < -0.39 is 22.9 Å². The molecule has 1 aromatic carbocycles. The minimum atomic E-state index is -1.14. The van der Waals surface area contributed by atoms with Crippen LogP contribution in [0.25, 0.3) is 0 Å². The second-order valence-electron chi connectivity index (χ2n) is 5.89. The number of esters is 1. The fraction of sp³-hybridized carbons (Fsp3) is 0.333. The number of carbonyl (C=O) groups is 2. The van der Waals surface area contributed by atoms with Crippen molar-refractivity contribution in [1.29, 1.82) is 0 Å². The van der Waals surface area contributed by atoms with Gasteiger partial charge in [0.05, 0.1) is 17.7 Å². The minimum Gasteiger partial charge on any atom is -0.495 e. The van der Waals surface area contributed by atoms with Gasteiger partial charge in [-0.1, -0.05) is 0 Å². The van der Waals surface area contributed by atoms with Gasteiger partial charge < -0.3 is 19.2 Å². The molecule has 2 aromatic rings. The Hall–Kier alpha value is -3.36. The van der Waals surface area contributed by atoms with Gasteiger partial charge in [0.25, 0.3) is 11.6 Å². The number of nitro benzene ring substituents is 1. The van der Waals surface area contributed by atoms with Gasteiger partial charge in [-0.05, 0) is 33.8 Å². The molecule has 9 heteroatoms. The van der Waals surface area contributed by atoms with Gasteiger partial charge in [-0.3, -0.25) is 14.9 Å². The van der Waals surface area contributed by atoms with E-state index in [2.05, 4.69) is 5.32 Å². The summed E-state index contributed by atoms with van der Waals surface area (Å²) in [4.78, 5) is 35.0. The number of nitrogens with zero attached hydrogens (tertiary/aromatic N) is 1. The predicted octanol–water partition coefficient (Wildman–Crippen LogP) is 3.31. The molecule has 0 radical (unpaired) electrons. The average Bonchev–Trinajstić information content (AvgIpc) is 2.86. The number of non-ortho nitro benzene ring substituents is 1. The highest BCUT2D eigenvalue weighted by molar-refractivity contribution is 5.99. The summed E-state index contributed by atoms with van der Waals surface area (Å²) in [5.74, 6) is -0.0985. The second-order valence-corrected chi connectivity index (χ2v) is 5.89. The van der Waals surface area contributed by atoms with Gasteiger partial charge in [0.15, 0.2) is 6.10 Å². The van der Waals surface area contributed by atoms with E-state index in [1.165, 1.54) is 32.2 Å². The molecule has 0 unspecified atom stereocenters. The number of nitrogens with one attached hydrogen (secondary N) is 1. The van der Waals surface area contributed by atoms with Crippen LogP contribution in [0.15, 0.2) is 22.6 Å². The van der Waals surface area contributed by atoms with Crippen molar-refractivity contribution in [2.45, 2.75) is 33.8 Å². The monoisotopic (exact) mass is 376 g/mol.